The Labute approximate surface area is 111 Å². The highest BCUT2D eigenvalue weighted by molar-refractivity contribution is 7.88. The largest absolute Gasteiger partial charge is 0.447 e. The Balaban J connectivity index is 1.94. The molecule has 0 aliphatic rings. The van der Waals surface area contributed by atoms with Crippen LogP contribution in [0.15, 0.2) is 33.9 Å². The third-order valence-electron chi connectivity index (χ3n) is 2.55. The van der Waals surface area contributed by atoms with Crippen molar-refractivity contribution in [3.05, 3.63) is 35.9 Å². The molecule has 0 bridgehead atoms. The minimum absolute atomic E-state index is 0.0455. The van der Waals surface area contributed by atoms with Crippen LogP contribution < -0.4 is 5.32 Å². The summed E-state index contributed by atoms with van der Waals surface area (Å²) >= 11 is 0. The SMILES string of the molecule is CN(C)S(=O)(=O)c1ccc(CNCc2ccn[nH]2)o1. The van der Waals surface area contributed by atoms with Gasteiger partial charge in [-0.3, -0.25) is 5.10 Å². The van der Waals surface area contributed by atoms with E-state index >= 15 is 0 Å². The van der Waals surface area contributed by atoms with Crippen LogP contribution in [0.25, 0.3) is 0 Å². The molecule has 104 valence electrons. The molecule has 0 radical (unpaired) electrons. The van der Waals surface area contributed by atoms with Crippen LogP contribution in [0.2, 0.25) is 0 Å². The molecule has 0 amide bonds. The Morgan fingerprint density at radius 2 is 2.11 bits per heavy atom. The van der Waals surface area contributed by atoms with Gasteiger partial charge in [-0.25, -0.2) is 12.7 Å². The molecule has 0 atom stereocenters. The first kappa shape index (κ1) is 13.8. The molecule has 2 aromatic heterocycles. The summed E-state index contributed by atoms with van der Waals surface area (Å²) in [6.45, 7) is 1.05. The van der Waals surface area contributed by atoms with Crippen molar-refractivity contribution >= 4 is 10.0 Å². The van der Waals surface area contributed by atoms with Crippen molar-refractivity contribution in [2.24, 2.45) is 0 Å². The maximum absolute atomic E-state index is 11.8. The van der Waals surface area contributed by atoms with Crippen molar-refractivity contribution in [2.45, 2.75) is 18.2 Å². The predicted octanol–water partition coefficient (Wildman–Crippen LogP) is 0.543. The third-order valence-corrected chi connectivity index (χ3v) is 4.23. The highest BCUT2D eigenvalue weighted by atomic mass is 32.2. The van der Waals surface area contributed by atoms with Gasteiger partial charge in [0.25, 0.3) is 10.0 Å². The van der Waals surface area contributed by atoms with E-state index in [9.17, 15) is 8.42 Å². The number of hydrogen-bond acceptors (Lipinski definition) is 5. The molecule has 0 aliphatic heterocycles. The Hall–Kier alpha value is -1.64. The molecule has 2 rings (SSSR count). The first-order valence-electron chi connectivity index (χ1n) is 5.70. The maximum Gasteiger partial charge on any atom is 0.275 e. The zero-order valence-corrected chi connectivity index (χ0v) is 11.6. The standard InChI is InChI=1S/C11H16N4O3S/c1-15(2)19(16,17)11-4-3-10(18-11)8-12-7-9-5-6-13-14-9/h3-6,12H,7-8H2,1-2H3,(H,13,14). The summed E-state index contributed by atoms with van der Waals surface area (Å²) in [5.74, 6) is 0.569. The van der Waals surface area contributed by atoms with Gasteiger partial charge in [0.1, 0.15) is 5.76 Å². The smallest absolute Gasteiger partial charge is 0.275 e. The van der Waals surface area contributed by atoms with Gasteiger partial charge in [0.05, 0.1) is 6.54 Å². The first-order chi connectivity index (χ1) is 9.00. The van der Waals surface area contributed by atoms with Crippen molar-refractivity contribution in [3.8, 4) is 0 Å². The normalized spacial score (nSPS) is 12.2. The predicted molar refractivity (Wildman–Crippen MR) is 68.7 cm³/mol. The van der Waals surface area contributed by atoms with Crippen LogP contribution in [0, 0.1) is 0 Å². The van der Waals surface area contributed by atoms with Gasteiger partial charge in [-0.2, -0.15) is 5.10 Å². The Bertz CT molecular complexity index is 616. The van der Waals surface area contributed by atoms with E-state index < -0.39 is 10.0 Å². The summed E-state index contributed by atoms with van der Waals surface area (Å²) in [5.41, 5.74) is 0.952. The summed E-state index contributed by atoms with van der Waals surface area (Å²) in [4.78, 5) is 0. The quantitative estimate of drug-likeness (QED) is 0.808. The topological polar surface area (TPSA) is 91.2 Å². The van der Waals surface area contributed by atoms with Gasteiger partial charge in [0.15, 0.2) is 0 Å². The molecule has 0 unspecified atom stereocenters. The van der Waals surface area contributed by atoms with Crippen LogP contribution in [-0.2, 0) is 23.1 Å². The number of hydrogen-bond donors (Lipinski definition) is 2. The second-order valence-corrected chi connectivity index (χ2v) is 6.28. The molecule has 0 aromatic carbocycles. The Morgan fingerprint density at radius 3 is 2.74 bits per heavy atom. The number of rotatable bonds is 6. The minimum atomic E-state index is -3.50. The molecule has 0 saturated carbocycles. The summed E-state index contributed by atoms with van der Waals surface area (Å²) < 4.78 is 30.0. The van der Waals surface area contributed by atoms with Crippen molar-refractivity contribution in [1.29, 1.82) is 0 Å². The van der Waals surface area contributed by atoms with E-state index in [-0.39, 0.29) is 5.09 Å². The summed E-state index contributed by atoms with van der Waals surface area (Å²) in [6, 6.07) is 4.97. The van der Waals surface area contributed by atoms with E-state index in [1.807, 2.05) is 6.07 Å². The van der Waals surface area contributed by atoms with E-state index in [0.717, 1.165) is 10.00 Å². The van der Waals surface area contributed by atoms with Gasteiger partial charge < -0.3 is 9.73 Å². The van der Waals surface area contributed by atoms with Crippen molar-refractivity contribution in [2.75, 3.05) is 14.1 Å². The number of aromatic nitrogens is 2. The molecule has 0 saturated heterocycles. The van der Waals surface area contributed by atoms with Crippen molar-refractivity contribution in [1.82, 2.24) is 19.8 Å². The minimum Gasteiger partial charge on any atom is -0.447 e. The van der Waals surface area contributed by atoms with Crippen LogP contribution >= 0.6 is 0 Å². The summed E-state index contributed by atoms with van der Waals surface area (Å²) in [7, 11) is -0.569. The van der Waals surface area contributed by atoms with Gasteiger partial charge in [-0.15, -0.1) is 0 Å². The second-order valence-electron chi connectivity index (χ2n) is 4.19. The van der Waals surface area contributed by atoms with Gasteiger partial charge in [-0.1, -0.05) is 0 Å². The first-order valence-corrected chi connectivity index (χ1v) is 7.14. The highest BCUT2D eigenvalue weighted by Crippen LogP contribution is 2.16. The molecule has 2 aromatic rings. The molecular weight excluding hydrogens is 268 g/mol. The molecule has 7 nitrogen and oxygen atoms in total. The number of aromatic amines is 1. The third kappa shape index (κ3) is 3.22. The molecule has 2 heterocycles. The molecule has 2 N–H and O–H groups in total. The zero-order chi connectivity index (χ0) is 13.9. The van der Waals surface area contributed by atoms with Crippen LogP contribution in [0.3, 0.4) is 0 Å². The van der Waals surface area contributed by atoms with E-state index in [1.165, 1.54) is 20.2 Å². The monoisotopic (exact) mass is 284 g/mol. The molecule has 0 fully saturated rings. The van der Waals surface area contributed by atoms with E-state index in [2.05, 4.69) is 15.5 Å². The number of nitrogens with one attached hydrogen (secondary N) is 2. The zero-order valence-electron chi connectivity index (χ0n) is 10.8. The fraction of sp³-hybridized carbons (Fsp3) is 0.364. The van der Waals surface area contributed by atoms with Gasteiger partial charge in [-0.05, 0) is 18.2 Å². The van der Waals surface area contributed by atoms with Crippen LogP contribution in [0.4, 0.5) is 0 Å². The highest BCUT2D eigenvalue weighted by Gasteiger charge is 2.21. The number of H-pyrrole nitrogens is 1. The van der Waals surface area contributed by atoms with Crippen molar-refractivity contribution < 1.29 is 12.8 Å². The molecule has 0 aliphatic carbocycles. The Morgan fingerprint density at radius 1 is 1.32 bits per heavy atom. The molecule has 0 spiro atoms. The number of furan rings is 1. The Kier molecular flexibility index (Phi) is 4.03. The fourth-order valence-corrected chi connectivity index (χ4v) is 2.29. The number of sulfonamides is 1. The van der Waals surface area contributed by atoms with Crippen LogP contribution in [0.5, 0.6) is 0 Å². The molecule has 19 heavy (non-hydrogen) atoms. The van der Waals surface area contributed by atoms with Crippen LogP contribution in [-0.4, -0.2) is 37.0 Å². The van der Waals surface area contributed by atoms with E-state index in [4.69, 9.17) is 4.42 Å². The lowest BCUT2D eigenvalue weighted by atomic mass is 10.4. The molecule has 8 heteroatoms. The lowest BCUT2D eigenvalue weighted by molar-refractivity contribution is 0.388. The lowest BCUT2D eigenvalue weighted by Crippen LogP contribution is -2.21. The summed E-state index contributed by atoms with van der Waals surface area (Å²) in [6.07, 6.45) is 1.67. The van der Waals surface area contributed by atoms with E-state index in [0.29, 0.717) is 18.8 Å². The van der Waals surface area contributed by atoms with Crippen molar-refractivity contribution in [3.63, 3.8) is 0 Å². The van der Waals surface area contributed by atoms with Gasteiger partial charge >= 0.3 is 0 Å². The second kappa shape index (κ2) is 5.55. The summed E-state index contributed by atoms with van der Waals surface area (Å²) in [5, 5.41) is 9.73. The fourth-order valence-electron chi connectivity index (χ4n) is 1.48. The van der Waals surface area contributed by atoms with Gasteiger partial charge in [0, 0.05) is 32.5 Å². The average molecular weight is 284 g/mol. The van der Waals surface area contributed by atoms with Gasteiger partial charge in [0.2, 0.25) is 5.09 Å². The number of nitrogens with zero attached hydrogens (tertiary/aromatic N) is 2. The molecular formula is C11H16N4O3S. The van der Waals surface area contributed by atoms with E-state index in [1.54, 1.807) is 12.3 Å². The maximum atomic E-state index is 11.8. The average Bonchev–Trinajstić information content (AvgIpc) is 2.99. The lowest BCUT2D eigenvalue weighted by Gasteiger charge is -2.07. The van der Waals surface area contributed by atoms with Crippen LogP contribution in [0.1, 0.15) is 11.5 Å².